The molecule has 10 heteroatoms. The summed E-state index contributed by atoms with van der Waals surface area (Å²) >= 11 is 0. The predicted octanol–water partition coefficient (Wildman–Crippen LogP) is 2.80. The first kappa shape index (κ1) is 24.2. The molecular formula is C24H32N6O3S. The van der Waals surface area contributed by atoms with Crippen LogP contribution in [-0.2, 0) is 21.4 Å². The van der Waals surface area contributed by atoms with Crippen LogP contribution < -0.4 is 10.2 Å². The number of carbonyl (C=O) groups excluding carboxylic acids is 1. The first-order chi connectivity index (χ1) is 16.2. The lowest BCUT2D eigenvalue weighted by molar-refractivity contribution is -0.126. The van der Waals surface area contributed by atoms with E-state index in [1.54, 1.807) is 22.9 Å². The van der Waals surface area contributed by atoms with E-state index in [0.717, 1.165) is 16.8 Å². The number of rotatable bonds is 7. The minimum absolute atomic E-state index is 0.119. The quantitative estimate of drug-likeness (QED) is 0.554. The third-order valence-electron chi connectivity index (χ3n) is 6.24. The summed E-state index contributed by atoms with van der Waals surface area (Å²) in [4.78, 5) is 15.0. The fraction of sp³-hybridized carbons (Fsp3) is 0.458. The molecule has 0 bridgehead atoms. The zero-order valence-electron chi connectivity index (χ0n) is 20.1. The summed E-state index contributed by atoms with van der Waals surface area (Å²) in [5.41, 5.74) is 3.43. The van der Waals surface area contributed by atoms with Gasteiger partial charge < -0.3 is 10.2 Å². The van der Waals surface area contributed by atoms with Crippen LogP contribution in [0.3, 0.4) is 0 Å². The van der Waals surface area contributed by atoms with Gasteiger partial charge in [-0.25, -0.2) is 13.1 Å². The van der Waals surface area contributed by atoms with Gasteiger partial charge in [-0.1, -0.05) is 17.3 Å². The Morgan fingerprint density at radius 3 is 2.59 bits per heavy atom. The molecule has 1 aliphatic heterocycles. The highest BCUT2D eigenvalue weighted by atomic mass is 32.2. The number of hydrogen-bond acceptors (Lipinski definition) is 6. The second-order valence-electron chi connectivity index (χ2n) is 9.26. The van der Waals surface area contributed by atoms with Crippen molar-refractivity contribution in [1.29, 1.82) is 0 Å². The number of aromatic nitrogens is 3. The van der Waals surface area contributed by atoms with E-state index in [1.165, 1.54) is 4.31 Å². The minimum atomic E-state index is -3.74. The number of amides is 1. The van der Waals surface area contributed by atoms with E-state index in [9.17, 15) is 13.2 Å². The lowest BCUT2D eigenvalue weighted by Gasteiger charge is -2.31. The van der Waals surface area contributed by atoms with Crippen LogP contribution in [0.2, 0.25) is 0 Å². The molecule has 2 heterocycles. The number of anilines is 1. The highest BCUT2D eigenvalue weighted by Crippen LogP contribution is 2.26. The summed E-state index contributed by atoms with van der Waals surface area (Å²) in [6.45, 7) is 4.98. The Morgan fingerprint density at radius 1 is 1.18 bits per heavy atom. The van der Waals surface area contributed by atoms with Gasteiger partial charge in [0.2, 0.25) is 15.9 Å². The van der Waals surface area contributed by atoms with Crippen LogP contribution in [0.5, 0.6) is 0 Å². The molecule has 0 saturated carbocycles. The molecule has 1 N–H and O–H groups in total. The summed E-state index contributed by atoms with van der Waals surface area (Å²) in [5.74, 6) is -0.498. The number of nitrogens with zero attached hydrogens (tertiary/aromatic N) is 5. The third kappa shape index (κ3) is 4.92. The maximum absolute atomic E-state index is 13.3. The number of carbonyl (C=O) groups is 1. The van der Waals surface area contributed by atoms with Crippen molar-refractivity contribution in [2.75, 3.05) is 32.1 Å². The molecule has 1 aromatic heterocycles. The summed E-state index contributed by atoms with van der Waals surface area (Å²) in [7, 11) is 0.219. The Bertz CT molecular complexity index is 1270. The van der Waals surface area contributed by atoms with Crippen LogP contribution in [0.15, 0.2) is 47.4 Å². The van der Waals surface area contributed by atoms with Gasteiger partial charge in [-0.3, -0.25) is 4.79 Å². The molecule has 34 heavy (non-hydrogen) atoms. The molecule has 182 valence electrons. The second-order valence-corrected chi connectivity index (χ2v) is 11.2. The van der Waals surface area contributed by atoms with Crippen molar-refractivity contribution >= 4 is 32.7 Å². The summed E-state index contributed by atoms with van der Waals surface area (Å²) in [6, 6.07) is 13.0. The van der Waals surface area contributed by atoms with Crippen LogP contribution in [0.25, 0.3) is 11.0 Å². The highest BCUT2D eigenvalue weighted by molar-refractivity contribution is 7.89. The molecule has 0 aliphatic carbocycles. The van der Waals surface area contributed by atoms with Crippen LogP contribution in [0.1, 0.15) is 38.3 Å². The van der Waals surface area contributed by atoms with Gasteiger partial charge in [0.05, 0.1) is 16.3 Å². The molecule has 1 aliphatic rings. The topological polar surface area (TPSA) is 100 Å². The van der Waals surface area contributed by atoms with Gasteiger partial charge in [0.1, 0.15) is 5.52 Å². The Kier molecular flexibility index (Phi) is 6.90. The first-order valence-corrected chi connectivity index (χ1v) is 13.0. The monoisotopic (exact) mass is 484 g/mol. The standard InChI is InChI=1S/C24H32N6O3S/c1-17(2)30-23-12-11-21(14-22(23)26-27-30)34(32,33)29-13-5-6-19(16-29)24(31)25-15-18-7-9-20(10-8-18)28(3)4/h7-12,14,17,19H,5-6,13,15-16H2,1-4H3,(H,25,31)/t19-/m0/s1. The Labute approximate surface area is 200 Å². The van der Waals surface area contributed by atoms with Crippen LogP contribution in [0, 0.1) is 5.92 Å². The Hall–Kier alpha value is -2.98. The normalized spacial score (nSPS) is 17.3. The van der Waals surface area contributed by atoms with Crippen molar-refractivity contribution < 1.29 is 13.2 Å². The largest absolute Gasteiger partial charge is 0.378 e. The molecule has 1 atom stereocenters. The van der Waals surface area contributed by atoms with Gasteiger partial charge in [-0.15, -0.1) is 5.10 Å². The summed E-state index contributed by atoms with van der Waals surface area (Å²) in [5, 5.41) is 11.2. The zero-order valence-corrected chi connectivity index (χ0v) is 20.9. The lowest BCUT2D eigenvalue weighted by Crippen LogP contribution is -2.45. The molecule has 4 rings (SSSR count). The Balaban J connectivity index is 1.43. The smallest absolute Gasteiger partial charge is 0.243 e. The minimum Gasteiger partial charge on any atom is -0.378 e. The van der Waals surface area contributed by atoms with E-state index >= 15 is 0 Å². The number of sulfonamides is 1. The fourth-order valence-corrected chi connectivity index (χ4v) is 5.78. The van der Waals surface area contributed by atoms with Gasteiger partial charge in [-0.05, 0) is 62.6 Å². The van der Waals surface area contributed by atoms with Crippen LogP contribution in [-0.4, -0.2) is 60.8 Å². The van der Waals surface area contributed by atoms with Crippen molar-refractivity contribution in [3.05, 3.63) is 48.0 Å². The number of hydrogen-bond donors (Lipinski definition) is 1. The third-order valence-corrected chi connectivity index (χ3v) is 8.10. The molecule has 0 spiro atoms. The number of nitrogens with one attached hydrogen (secondary N) is 1. The van der Waals surface area contributed by atoms with Gasteiger partial charge in [0, 0.05) is 45.5 Å². The summed E-state index contributed by atoms with van der Waals surface area (Å²) in [6.07, 6.45) is 1.31. The maximum Gasteiger partial charge on any atom is 0.243 e. The fourth-order valence-electron chi connectivity index (χ4n) is 4.23. The number of fused-ring (bicyclic) bond motifs is 1. The average molecular weight is 485 g/mol. The number of benzene rings is 2. The van der Waals surface area contributed by atoms with E-state index < -0.39 is 10.0 Å². The molecule has 0 unspecified atom stereocenters. The van der Waals surface area contributed by atoms with E-state index in [4.69, 9.17) is 0 Å². The zero-order chi connectivity index (χ0) is 24.5. The average Bonchev–Trinajstić information content (AvgIpc) is 3.26. The van der Waals surface area contributed by atoms with E-state index in [1.807, 2.05) is 57.1 Å². The molecule has 0 radical (unpaired) electrons. The maximum atomic E-state index is 13.3. The van der Waals surface area contributed by atoms with Crippen molar-refractivity contribution in [2.45, 2.75) is 44.2 Å². The van der Waals surface area contributed by atoms with Gasteiger partial charge in [-0.2, -0.15) is 4.31 Å². The Morgan fingerprint density at radius 2 is 1.91 bits per heavy atom. The van der Waals surface area contributed by atoms with Crippen molar-refractivity contribution in [3.8, 4) is 0 Å². The van der Waals surface area contributed by atoms with Gasteiger partial charge in [0.25, 0.3) is 0 Å². The molecule has 1 amide bonds. The SMILES string of the molecule is CC(C)n1nnc2cc(S(=O)(=O)N3CCC[C@H](C(=O)NCc4ccc(N(C)C)cc4)C3)ccc21. The molecule has 1 fully saturated rings. The van der Waals surface area contributed by atoms with Crippen molar-refractivity contribution in [3.63, 3.8) is 0 Å². The van der Waals surface area contributed by atoms with Gasteiger partial charge in [0.15, 0.2) is 0 Å². The highest BCUT2D eigenvalue weighted by Gasteiger charge is 2.33. The predicted molar refractivity (Wildman–Crippen MR) is 132 cm³/mol. The van der Waals surface area contributed by atoms with E-state index in [0.29, 0.717) is 31.4 Å². The molecular weight excluding hydrogens is 452 g/mol. The van der Waals surface area contributed by atoms with E-state index in [-0.39, 0.29) is 29.3 Å². The van der Waals surface area contributed by atoms with Gasteiger partial charge >= 0.3 is 0 Å². The lowest BCUT2D eigenvalue weighted by atomic mass is 9.99. The first-order valence-electron chi connectivity index (χ1n) is 11.6. The molecule has 9 nitrogen and oxygen atoms in total. The molecule has 2 aromatic carbocycles. The van der Waals surface area contributed by atoms with Crippen molar-refractivity contribution in [1.82, 2.24) is 24.6 Å². The number of piperidine rings is 1. The van der Waals surface area contributed by atoms with Crippen LogP contribution in [0.4, 0.5) is 5.69 Å². The van der Waals surface area contributed by atoms with Crippen molar-refractivity contribution in [2.24, 2.45) is 5.92 Å². The summed E-state index contributed by atoms with van der Waals surface area (Å²) < 4.78 is 29.9. The van der Waals surface area contributed by atoms with Crippen LogP contribution >= 0.6 is 0 Å². The molecule has 1 saturated heterocycles. The second kappa shape index (κ2) is 9.71. The van der Waals surface area contributed by atoms with E-state index in [2.05, 4.69) is 15.6 Å². The molecule has 3 aromatic rings.